The lowest BCUT2D eigenvalue weighted by molar-refractivity contribution is 0.976. The molecule has 0 heterocycles. The number of alkyl halides is 1. The zero-order chi connectivity index (χ0) is 4.99. The van der Waals surface area contributed by atoms with Crippen LogP contribution in [0.25, 0.3) is 0 Å². The standard InChI is InChI=1S/C4H6ClN/c1-2-4(5)3-6/h4H,2H2,1H3. The summed E-state index contributed by atoms with van der Waals surface area (Å²) in [5, 5.41) is 7.67. The molecule has 0 radical (unpaired) electrons. The topological polar surface area (TPSA) is 23.8 Å². The minimum Gasteiger partial charge on any atom is -0.197 e. The van der Waals surface area contributed by atoms with Crippen LogP contribution in [-0.2, 0) is 0 Å². The minimum absolute atomic E-state index is 0.287. The zero-order valence-corrected chi connectivity index (χ0v) is 4.37. The fourth-order valence-electron chi connectivity index (χ4n) is 0.0913. The summed E-state index contributed by atoms with van der Waals surface area (Å²) in [6, 6.07) is 1.88. The number of halogens is 1. The molecule has 0 N–H and O–H groups in total. The SMILES string of the molecule is CCC(Cl)C#N. The maximum atomic E-state index is 7.95. The van der Waals surface area contributed by atoms with E-state index < -0.39 is 0 Å². The van der Waals surface area contributed by atoms with E-state index in [1.807, 2.05) is 13.0 Å². The average molecular weight is 104 g/mol. The Morgan fingerprint density at radius 3 is 2.50 bits per heavy atom. The molecule has 0 spiro atoms. The molecule has 0 aromatic carbocycles. The molecule has 0 fully saturated rings. The minimum atomic E-state index is -0.287. The Hall–Kier alpha value is -0.220. The van der Waals surface area contributed by atoms with E-state index in [0.29, 0.717) is 0 Å². The van der Waals surface area contributed by atoms with Crippen LogP contribution in [0.3, 0.4) is 0 Å². The van der Waals surface area contributed by atoms with E-state index in [0.717, 1.165) is 6.42 Å². The Bertz CT molecular complexity index is 64.4. The second-order valence-electron chi connectivity index (χ2n) is 1.00. The molecule has 0 aliphatic heterocycles. The summed E-state index contributed by atoms with van der Waals surface area (Å²) in [7, 11) is 0. The van der Waals surface area contributed by atoms with Gasteiger partial charge in [0.2, 0.25) is 0 Å². The zero-order valence-electron chi connectivity index (χ0n) is 3.61. The van der Waals surface area contributed by atoms with Gasteiger partial charge in [0.1, 0.15) is 5.38 Å². The molecule has 0 aromatic rings. The Morgan fingerprint density at radius 2 is 2.50 bits per heavy atom. The molecular formula is C4H6ClN. The van der Waals surface area contributed by atoms with E-state index in [4.69, 9.17) is 16.9 Å². The van der Waals surface area contributed by atoms with Crippen LogP contribution < -0.4 is 0 Å². The van der Waals surface area contributed by atoms with Gasteiger partial charge >= 0.3 is 0 Å². The van der Waals surface area contributed by atoms with Gasteiger partial charge in [0.15, 0.2) is 0 Å². The van der Waals surface area contributed by atoms with Gasteiger partial charge in [-0.15, -0.1) is 11.6 Å². The Balaban J connectivity index is 3.04. The highest BCUT2D eigenvalue weighted by molar-refractivity contribution is 6.22. The molecule has 1 atom stereocenters. The van der Waals surface area contributed by atoms with E-state index in [9.17, 15) is 0 Å². The van der Waals surface area contributed by atoms with Crippen LogP contribution >= 0.6 is 11.6 Å². The molecule has 0 saturated heterocycles. The van der Waals surface area contributed by atoms with Crippen molar-refractivity contribution in [2.24, 2.45) is 0 Å². The largest absolute Gasteiger partial charge is 0.197 e. The maximum Gasteiger partial charge on any atom is 0.120 e. The first-order chi connectivity index (χ1) is 2.81. The van der Waals surface area contributed by atoms with E-state index in [-0.39, 0.29) is 5.38 Å². The molecule has 0 rings (SSSR count). The summed E-state index contributed by atoms with van der Waals surface area (Å²) < 4.78 is 0. The van der Waals surface area contributed by atoms with E-state index in [2.05, 4.69) is 0 Å². The molecule has 0 aliphatic rings. The van der Waals surface area contributed by atoms with Crippen molar-refractivity contribution < 1.29 is 0 Å². The number of nitriles is 1. The van der Waals surface area contributed by atoms with Crippen LogP contribution in [0.5, 0.6) is 0 Å². The van der Waals surface area contributed by atoms with Crippen molar-refractivity contribution in [2.75, 3.05) is 0 Å². The molecule has 0 aromatic heterocycles. The van der Waals surface area contributed by atoms with Crippen molar-refractivity contribution in [1.82, 2.24) is 0 Å². The summed E-state index contributed by atoms with van der Waals surface area (Å²) in [5.74, 6) is 0. The van der Waals surface area contributed by atoms with Crippen molar-refractivity contribution in [3.05, 3.63) is 0 Å². The van der Waals surface area contributed by atoms with E-state index in [1.54, 1.807) is 0 Å². The molecule has 0 saturated carbocycles. The van der Waals surface area contributed by atoms with Gasteiger partial charge in [-0.2, -0.15) is 5.26 Å². The normalized spacial score (nSPS) is 12.8. The molecule has 0 bridgehead atoms. The van der Waals surface area contributed by atoms with Gasteiger partial charge in [-0.3, -0.25) is 0 Å². The number of hydrogen-bond donors (Lipinski definition) is 0. The third-order valence-corrected chi connectivity index (χ3v) is 0.905. The summed E-state index contributed by atoms with van der Waals surface area (Å²) in [5.41, 5.74) is 0. The van der Waals surface area contributed by atoms with Gasteiger partial charge in [-0.25, -0.2) is 0 Å². The lowest BCUT2D eigenvalue weighted by Gasteiger charge is -1.84. The molecule has 0 amide bonds. The predicted molar refractivity (Wildman–Crippen MR) is 25.5 cm³/mol. The van der Waals surface area contributed by atoms with Crippen molar-refractivity contribution in [3.8, 4) is 6.07 Å². The number of rotatable bonds is 1. The first-order valence-corrected chi connectivity index (χ1v) is 2.28. The fourth-order valence-corrected chi connectivity index (χ4v) is 0.0913. The first-order valence-electron chi connectivity index (χ1n) is 1.85. The lowest BCUT2D eigenvalue weighted by Crippen LogP contribution is -1.86. The predicted octanol–water partition coefficient (Wildman–Crippen LogP) is 1.53. The van der Waals surface area contributed by atoms with Gasteiger partial charge in [0, 0.05) is 0 Å². The highest BCUT2D eigenvalue weighted by atomic mass is 35.5. The number of nitrogens with zero attached hydrogens (tertiary/aromatic N) is 1. The van der Waals surface area contributed by atoms with Gasteiger partial charge in [0.25, 0.3) is 0 Å². The molecule has 1 nitrogen and oxygen atoms in total. The highest BCUT2D eigenvalue weighted by Gasteiger charge is 1.91. The third-order valence-electron chi connectivity index (χ3n) is 0.499. The van der Waals surface area contributed by atoms with Gasteiger partial charge < -0.3 is 0 Å². The monoisotopic (exact) mass is 103 g/mol. The molecular weight excluding hydrogens is 97.5 g/mol. The first kappa shape index (κ1) is 5.78. The number of hydrogen-bond acceptors (Lipinski definition) is 1. The third kappa shape index (κ3) is 2.04. The van der Waals surface area contributed by atoms with Crippen LogP contribution in [0.4, 0.5) is 0 Å². The van der Waals surface area contributed by atoms with Gasteiger partial charge in [0.05, 0.1) is 6.07 Å². The van der Waals surface area contributed by atoms with Crippen molar-refractivity contribution >= 4 is 11.6 Å². The van der Waals surface area contributed by atoms with E-state index in [1.165, 1.54) is 0 Å². The Kier molecular flexibility index (Phi) is 2.88. The van der Waals surface area contributed by atoms with E-state index >= 15 is 0 Å². The Labute approximate surface area is 42.5 Å². The highest BCUT2D eigenvalue weighted by Crippen LogP contribution is 1.95. The summed E-state index contributed by atoms with van der Waals surface area (Å²) in [6.45, 7) is 1.88. The quantitative estimate of drug-likeness (QED) is 0.462. The van der Waals surface area contributed by atoms with Crippen LogP contribution in [0.15, 0.2) is 0 Å². The molecule has 2 heteroatoms. The van der Waals surface area contributed by atoms with Crippen molar-refractivity contribution in [2.45, 2.75) is 18.7 Å². The summed E-state index contributed by atoms with van der Waals surface area (Å²) in [6.07, 6.45) is 0.734. The van der Waals surface area contributed by atoms with Crippen molar-refractivity contribution in [1.29, 1.82) is 5.26 Å². The summed E-state index contributed by atoms with van der Waals surface area (Å²) in [4.78, 5) is 0. The van der Waals surface area contributed by atoms with Gasteiger partial charge in [-0.05, 0) is 6.42 Å². The average Bonchev–Trinajstić information content (AvgIpc) is 1.65. The second-order valence-corrected chi connectivity index (χ2v) is 1.53. The summed E-state index contributed by atoms with van der Waals surface area (Å²) >= 11 is 5.29. The second kappa shape index (κ2) is 2.99. The van der Waals surface area contributed by atoms with Crippen LogP contribution in [0.2, 0.25) is 0 Å². The Morgan fingerprint density at radius 1 is 2.00 bits per heavy atom. The van der Waals surface area contributed by atoms with Crippen LogP contribution in [0.1, 0.15) is 13.3 Å². The molecule has 34 valence electrons. The smallest absolute Gasteiger partial charge is 0.120 e. The molecule has 0 aliphatic carbocycles. The fraction of sp³-hybridized carbons (Fsp3) is 0.750. The van der Waals surface area contributed by atoms with Crippen LogP contribution in [0, 0.1) is 11.3 Å². The molecule has 6 heavy (non-hydrogen) atoms. The lowest BCUT2D eigenvalue weighted by atomic mass is 10.4. The van der Waals surface area contributed by atoms with Crippen molar-refractivity contribution in [3.63, 3.8) is 0 Å². The van der Waals surface area contributed by atoms with Crippen LogP contribution in [-0.4, -0.2) is 5.38 Å². The molecule has 1 unspecified atom stereocenters. The van der Waals surface area contributed by atoms with Gasteiger partial charge in [-0.1, -0.05) is 6.92 Å². The maximum absolute atomic E-state index is 7.95.